The number of aromatic carboxylic acids is 1. The van der Waals surface area contributed by atoms with Crippen LogP contribution in [0.2, 0.25) is 0 Å². The number of carboxylic acid groups (broad SMARTS) is 2. The lowest BCUT2D eigenvalue weighted by Crippen LogP contribution is -2.05. The molecule has 0 unspecified atom stereocenters. The van der Waals surface area contributed by atoms with Crippen molar-refractivity contribution in [3.05, 3.63) is 23.3 Å². The smallest absolute Gasteiger partial charge is 0.339 e. The van der Waals surface area contributed by atoms with Gasteiger partial charge in [0, 0.05) is 12.5 Å². The van der Waals surface area contributed by atoms with Crippen molar-refractivity contribution in [2.75, 3.05) is 14.2 Å². The molecule has 1 aromatic rings. The summed E-state index contributed by atoms with van der Waals surface area (Å²) >= 11 is 0. The molecule has 0 radical (unpaired) electrons. The zero-order valence-electron chi connectivity index (χ0n) is 10.1. The number of aliphatic carboxylic acids is 1. The maximum atomic E-state index is 11.0. The largest absolute Gasteiger partial charge is 0.496 e. The van der Waals surface area contributed by atoms with Crippen molar-refractivity contribution in [1.82, 2.24) is 0 Å². The van der Waals surface area contributed by atoms with Crippen LogP contribution in [0.3, 0.4) is 0 Å². The highest BCUT2D eigenvalue weighted by Gasteiger charge is 2.16. The second-order valence-electron chi connectivity index (χ2n) is 3.56. The Morgan fingerprint density at radius 3 is 2.17 bits per heavy atom. The molecule has 1 rings (SSSR count). The highest BCUT2D eigenvalue weighted by Crippen LogP contribution is 2.30. The van der Waals surface area contributed by atoms with Crippen molar-refractivity contribution in [3.63, 3.8) is 0 Å². The Balaban J connectivity index is 3.18. The highest BCUT2D eigenvalue weighted by atomic mass is 16.5. The van der Waals surface area contributed by atoms with E-state index in [0.717, 1.165) is 0 Å². The summed E-state index contributed by atoms with van der Waals surface area (Å²) in [5.41, 5.74) is 0.511. The first kappa shape index (κ1) is 13.8. The van der Waals surface area contributed by atoms with Gasteiger partial charge in [-0.15, -0.1) is 0 Å². The van der Waals surface area contributed by atoms with Crippen LogP contribution in [0, 0.1) is 0 Å². The zero-order valence-corrected chi connectivity index (χ0v) is 10.1. The van der Waals surface area contributed by atoms with Gasteiger partial charge in [0.1, 0.15) is 17.1 Å². The molecule has 0 amide bonds. The van der Waals surface area contributed by atoms with Crippen LogP contribution in [0.1, 0.15) is 22.3 Å². The summed E-state index contributed by atoms with van der Waals surface area (Å²) in [6, 6.07) is 2.82. The lowest BCUT2D eigenvalue weighted by atomic mass is 10.0. The molecule has 0 aliphatic rings. The van der Waals surface area contributed by atoms with Gasteiger partial charge in [-0.1, -0.05) is 0 Å². The Morgan fingerprint density at radius 2 is 1.72 bits per heavy atom. The minimum atomic E-state index is -1.13. The molecule has 0 aliphatic heterocycles. The van der Waals surface area contributed by atoms with Crippen LogP contribution in [-0.4, -0.2) is 36.4 Å². The predicted octanol–water partition coefficient (Wildman–Crippen LogP) is 1.42. The maximum absolute atomic E-state index is 11.0. The second-order valence-corrected chi connectivity index (χ2v) is 3.56. The molecule has 0 heterocycles. The molecule has 0 spiro atoms. The first-order valence-electron chi connectivity index (χ1n) is 5.19. The summed E-state index contributed by atoms with van der Waals surface area (Å²) in [5, 5.41) is 17.7. The number of ether oxygens (including phenoxy) is 2. The fourth-order valence-electron chi connectivity index (χ4n) is 1.57. The Bertz CT molecular complexity index is 466. The summed E-state index contributed by atoms with van der Waals surface area (Å²) in [6.07, 6.45) is 0.102. The quantitative estimate of drug-likeness (QED) is 0.797. The highest BCUT2D eigenvalue weighted by molar-refractivity contribution is 5.91. The van der Waals surface area contributed by atoms with Crippen LogP contribution < -0.4 is 9.47 Å². The van der Waals surface area contributed by atoms with Crippen molar-refractivity contribution in [2.24, 2.45) is 0 Å². The second kappa shape index (κ2) is 5.90. The fourth-order valence-corrected chi connectivity index (χ4v) is 1.57. The van der Waals surface area contributed by atoms with Gasteiger partial charge in [0.05, 0.1) is 14.2 Å². The van der Waals surface area contributed by atoms with E-state index in [0.29, 0.717) is 11.3 Å². The van der Waals surface area contributed by atoms with Crippen LogP contribution in [0.5, 0.6) is 11.5 Å². The number of hydrogen-bond acceptors (Lipinski definition) is 4. The van der Waals surface area contributed by atoms with E-state index in [1.165, 1.54) is 26.4 Å². The zero-order chi connectivity index (χ0) is 13.7. The van der Waals surface area contributed by atoms with Crippen LogP contribution in [-0.2, 0) is 11.2 Å². The van der Waals surface area contributed by atoms with Gasteiger partial charge in [0.25, 0.3) is 0 Å². The van der Waals surface area contributed by atoms with E-state index in [9.17, 15) is 9.59 Å². The van der Waals surface area contributed by atoms with E-state index in [4.69, 9.17) is 19.7 Å². The third kappa shape index (κ3) is 3.13. The average molecular weight is 254 g/mol. The van der Waals surface area contributed by atoms with Crippen molar-refractivity contribution in [2.45, 2.75) is 12.8 Å². The molecular weight excluding hydrogens is 240 g/mol. The molecule has 2 N–H and O–H groups in total. The van der Waals surface area contributed by atoms with Crippen LogP contribution in [0.25, 0.3) is 0 Å². The molecule has 0 saturated heterocycles. The molecule has 6 heteroatoms. The summed E-state index contributed by atoms with van der Waals surface area (Å²) in [6.45, 7) is 0. The Morgan fingerprint density at radius 1 is 1.11 bits per heavy atom. The van der Waals surface area contributed by atoms with Crippen molar-refractivity contribution in [1.29, 1.82) is 0 Å². The minimum Gasteiger partial charge on any atom is -0.496 e. The van der Waals surface area contributed by atoms with Gasteiger partial charge in [0.15, 0.2) is 0 Å². The standard InChI is InChI=1S/C12H14O6/c1-17-9-6-10(18-2)8(12(15)16)5-7(9)3-4-11(13)14/h5-6H,3-4H2,1-2H3,(H,13,14)(H,15,16). The number of aryl methyl sites for hydroxylation is 1. The van der Waals surface area contributed by atoms with Crippen LogP contribution in [0.15, 0.2) is 12.1 Å². The molecule has 0 saturated carbocycles. The fraction of sp³-hybridized carbons (Fsp3) is 0.333. The number of benzene rings is 1. The average Bonchev–Trinajstić information content (AvgIpc) is 2.34. The maximum Gasteiger partial charge on any atom is 0.339 e. The molecule has 0 fully saturated rings. The Labute approximate surface area is 104 Å². The van der Waals surface area contributed by atoms with Gasteiger partial charge < -0.3 is 19.7 Å². The normalized spacial score (nSPS) is 9.89. The molecule has 0 bridgehead atoms. The Hall–Kier alpha value is -2.24. The minimum absolute atomic E-state index is 0.0151. The Kier molecular flexibility index (Phi) is 4.53. The van der Waals surface area contributed by atoms with Crippen molar-refractivity contribution >= 4 is 11.9 Å². The topological polar surface area (TPSA) is 93.1 Å². The lowest BCUT2D eigenvalue weighted by Gasteiger charge is -2.12. The monoisotopic (exact) mass is 254 g/mol. The summed E-state index contributed by atoms with van der Waals surface area (Å²) in [4.78, 5) is 21.6. The first-order valence-corrected chi connectivity index (χ1v) is 5.19. The molecule has 6 nitrogen and oxygen atoms in total. The van der Waals surface area contributed by atoms with E-state index in [1.54, 1.807) is 0 Å². The number of carboxylic acids is 2. The molecule has 0 atom stereocenters. The first-order chi connectivity index (χ1) is 8.49. The SMILES string of the molecule is COc1cc(OC)c(C(=O)O)cc1CCC(=O)O. The molecule has 98 valence electrons. The van der Waals surface area contributed by atoms with Gasteiger partial charge in [0.2, 0.25) is 0 Å². The number of carbonyl (C=O) groups is 2. The van der Waals surface area contributed by atoms with E-state index in [2.05, 4.69) is 0 Å². The van der Waals surface area contributed by atoms with E-state index in [1.807, 2.05) is 0 Å². The number of hydrogen-bond donors (Lipinski definition) is 2. The third-order valence-corrected chi connectivity index (χ3v) is 2.44. The molecule has 0 aromatic heterocycles. The van der Waals surface area contributed by atoms with Gasteiger partial charge >= 0.3 is 11.9 Å². The van der Waals surface area contributed by atoms with Gasteiger partial charge in [-0.2, -0.15) is 0 Å². The van der Waals surface area contributed by atoms with Crippen LogP contribution >= 0.6 is 0 Å². The molecular formula is C12H14O6. The van der Waals surface area contributed by atoms with Gasteiger partial charge in [-0.05, 0) is 18.1 Å². The van der Waals surface area contributed by atoms with E-state index >= 15 is 0 Å². The lowest BCUT2D eigenvalue weighted by molar-refractivity contribution is -0.136. The molecule has 0 aliphatic carbocycles. The molecule has 18 heavy (non-hydrogen) atoms. The summed E-state index contributed by atoms with van der Waals surface area (Å²) < 4.78 is 10.0. The third-order valence-electron chi connectivity index (χ3n) is 2.44. The van der Waals surface area contributed by atoms with Crippen molar-refractivity contribution in [3.8, 4) is 11.5 Å². The number of rotatable bonds is 6. The predicted molar refractivity (Wildman–Crippen MR) is 62.5 cm³/mol. The van der Waals surface area contributed by atoms with Gasteiger partial charge in [-0.3, -0.25) is 4.79 Å². The van der Waals surface area contributed by atoms with Crippen molar-refractivity contribution < 1.29 is 29.3 Å². The van der Waals surface area contributed by atoms with E-state index in [-0.39, 0.29) is 24.2 Å². The van der Waals surface area contributed by atoms with Crippen LogP contribution in [0.4, 0.5) is 0 Å². The van der Waals surface area contributed by atoms with E-state index < -0.39 is 11.9 Å². The van der Waals surface area contributed by atoms with Gasteiger partial charge in [-0.25, -0.2) is 4.79 Å². The summed E-state index contributed by atoms with van der Waals surface area (Å²) in [7, 11) is 2.79. The molecule has 1 aromatic carbocycles. The summed E-state index contributed by atoms with van der Waals surface area (Å²) in [5.74, 6) is -1.49. The number of methoxy groups -OCH3 is 2.